The Labute approximate surface area is 129 Å². The lowest BCUT2D eigenvalue weighted by molar-refractivity contribution is 0.295. The Bertz CT molecular complexity index is 429. The molecule has 1 unspecified atom stereocenters. The molecule has 0 radical (unpaired) electrons. The van der Waals surface area contributed by atoms with Crippen molar-refractivity contribution < 1.29 is 4.74 Å². The number of hydrogen-bond acceptors (Lipinski definition) is 2. The van der Waals surface area contributed by atoms with Crippen LogP contribution >= 0.6 is 12.4 Å². The molecule has 0 amide bonds. The van der Waals surface area contributed by atoms with Crippen molar-refractivity contribution in [3.8, 4) is 5.75 Å². The van der Waals surface area contributed by atoms with Gasteiger partial charge in [0.05, 0.1) is 6.61 Å². The number of nitrogens with two attached hydrogens (primary N) is 1. The Morgan fingerprint density at radius 3 is 2.55 bits per heavy atom. The summed E-state index contributed by atoms with van der Waals surface area (Å²) in [6, 6.07) is 4.80. The van der Waals surface area contributed by atoms with Crippen molar-refractivity contribution in [2.24, 2.45) is 11.7 Å². The van der Waals surface area contributed by atoms with Crippen molar-refractivity contribution in [2.45, 2.75) is 58.9 Å². The Kier molecular flexibility index (Phi) is 6.84. The molecule has 0 saturated heterocycles. The lowest BCUT2D eigenvalue weighted by Crippen LogP contribution is -2.21. The van der Waals surface area contributed by atoms with Gasteiger partial charge in [0.1, 0.15) is 5.75 Å². The summed E-state index contributed by atoms with van der Waals surface area (Å²) in [6.45, 7) is 7.39. The molecule has 0 heterocycles. The minimum Gasteiger partial charge on any atom is -0.493 e. The van der Waals surface area contributed by atoms with Crippen LogP contribution in [0, 0.1) is 12.8 Å². The molecule has 0 bridgehead atoms. The van der Waals surface area contributed by atoms with E-state index in [1.807, 2.05) is 0 Å². The Hall–Kier alpha value is -0.730. The molecule has 0 spiro atoms. The highest BCUT2D eigenvalue weighted by molar-refractivity contribution is 5.85. The molecule has 1 aromatic carbocycles. The second kappa shape index (κ2) is 7.90. The lowest BCUT2D eigenvalue weighted by Gasteiger charge is -2.17. The number of benzene rings is 1. The van der Waals surface area contributed by atoms with Crippen LogP contribution in [0.4, 0.5) is 0 Å². The van der Waals surface area contributed by atoms with Crippen molar-refractivity contribution in [3.05, 3.63) is 28.8 Å². The second-order valence-corrected chi connectivity index (χ2v) is 5.88. The minimum absolute atomic E-state index is 0. The van der Waals surface area contributed by atoms with Gasteiger partial charge < -0.3 is 10.5 Å². The van der Waals surface area contributed by atoms with Crippen LogP contribution in [-0.4, -0.2) is 12.6 Å². The van der Waals surface area contributed by atoms with Crippen molar-refractivity contribution >= 4 is 12.4 Å². The van der Waals surface area contributed by atoms with Gasteiger partial charge in [0, 0.05) is 6.04 Å². The van der Waals surface area contributed by atoms with E-state index < -0.39 is 0 Å². The van der Waals surface area contributed by atoms with Gasteiger partial charge in [0.25, 0.3) is 0 Å². The summed E-state index contributed by atoms with van der Waals surface area (Å²) < 4.78 is 6.04. The van der Waals surface area contributed by atoms with E-state index in [0.29, 0.717) is 0 Å². The number of hydrogen-bond donors (Lipinski definition) is 1. The summed E-state index contributed by atoms with van der Waals surface area (Å²) in [4.78, 5) is 0. The average Bonchev–Trinajstić information content (AvgIpc) is 3.20. The number of halogens is 1. The molecular weight excluding hydrogens is 270 g/mol. The number of ether oxygens (including phenoxy) is 1. The predicted octanol–water partition coefficient (Wildman–Crippen LogP) is 4.05. The third kappa shape index (κ3) is 4.68. The van der Waals surface area contributed by atoms with E-state index in [4.69, 9.17) is 10.5 Å². The largest absolute Gasteiger partial charge is 0.493 e. The van der Waals surface area contributed by atoms with Gasteiger partial charge in [0.2, 0.25) is 0 Å². The van der Waals surface area contributed by atoms with Gasteiger partial charge in [-0.2, -0.15) is 0 Å². The van der Waals surface area contributed by atoms with Crippen LogP contribution in [0.1, 0.15) is 49.8 Å². The van der Waals surface area contributed by atoms with E-state index in [9.17, 15) is 0 Å². The topological polar surface area (TPSA) is 35.2 Å². The van der Waals surface area contributed by atoms with E-state index >= 15 is 0 Å². The van der Waals surface area contributed by atoms with Gasteiger partial charge in [-0.25, -0.2) is 0 Å². The third-order valence-electron chi connectivity index (χ3n) is 3.97. The molecule has 1 atom stereocenters. The first kappa shape index (κ1) is 17.3. The van der Waals surface area contributed by atoms with E-state index in [0.717, 1.165) is 37.5 Å². The van der Waals surface area contributed by atoms with Crippen LogP contribution in [0.2, 0.25) is 0 Å². The fourth-order valence-corrected chi connectivity index (χ4v) is 2.45. The van der Waals surface area contributed by atoms with Crippen LogP contribution in [0.3, 0.4) is 0 Å². The second-order valence-electron chi connectivity index (χ2n) is 5.88. The highest BCUT2D eigenvalue weighted by atomic mass is 35.5. The molecule has 2 N–H and O–H groups in total. The number of aryl methyl sites for hydroxylation is 2. The van der Waals surface area contributed by atoms with Crippen molar-refractivity contribution in [1.29, 1.82) is 0 Å². The highest BCUT2D eigenvalue weighted by Gasteiger charge is 2.22. The van der Waals surface area contributed by atoms with Crippen molar-refractivity contribution in [3.63, 3.8) is 0 Å². The smallest absolute Gasteiger partial charge is 0.125 e. The number of rotatable bonds is 7. The molecule has 0 aliphatic heterocycles. The summed E-state index contributed by atoms with van der Waals surface area (Å²) in [5.74, 6) is 1.92. The SMILES string of the molecule is CCc1cc(CC(N)CC)cc(C)c1OCC1CC1.Cl. The molecule has 2 rings (SSSR count). The van der Waals surface area contributed by atoms with Crippen molar-refractivity contribution in [1.82, 2.24) is 0 Å². The van der Waals surface area contributed by atoms with Crippen LogP contribution in [0.5, 0.6) is 5.75 Å². The van der Waals surface area contributed by atoms with Crippen LogP contribution in [-0.2, 0) is 12.8 Å². The lowest BCUT2D eigenvalue weighted by atomic mass is 9.98. The standard InChI is InChI=1S/C17H27NO.ClH/c1-4-15-9-14(10-16(18)5-2)8-12(3)17(15)19-11-13-6-7-13;/h8-9,13,16H,4-7,10-11,18H2,1-3H3;1H. The molecule has 2 nitrogen and oxygen atoms in total. The molecule has 1 aliphatic rings. The normalized spacial score (nSPS) is 15.6. The van der Waals surface area contributed by atoms with Crippen LogP contribution in [0.25, 0.3) is 0 Å². The molecule has 1 saturated carbocycles. The minimum atomic E-state index is 0. The maximum absolute atomic E-state index is 6.06. The van der Waals surface area contributed by atoms with Crippen LogP contribution in [0.15, 0.2) is 12.1 Å². The van der Waals surface area contributed by atoms with Gasteiger partial charge in [-0.05, 0) is 61.6 Å². The molecule has 20 heavy (non-hydrogen) atoms. The first-order valence-electron chi connectivity index (χ1n) is 7.64. The third-order valence-corrected chi connectivity index (χ3v) is 3.97. The zero-order valence-electron chi connectivity index (χ0n) is 12.9. The predicted molar refractivity (Wildman–Crippen MR) is 88.0 cm³/mol. The highest BCUT2D eigenvalue weighted by Crippen LogP contribution is 2.32. The Morgan fingerprint density at radius 1 is 1.30 bits per heavy atom. The summed E-state index contributed by atoms with van der Waals surface area (Å²) >= 11 is 0. The van der Waals surface area contributed by atoms with E-state index in [1.54, 1.807) is 0 Å². The van der Waals surface area contributed by atoms with E-state index in [-0.39, 0.29) is 18.4 Å². The van der Waals surface area contributed by atoms with Gasteiger partial charge >= 0.3 is 0 Å². The van der Waals surface area contributed by atoms with E-state index in [1.165, 1.54) is 29.5 Å². The average molecular weight is 298 g/mol. The monoisotopic (exact) mass is 297 g/mol. The molecular formula is C17H28ClNO. The molecule has 3 heteroatoms. The van der Waals surface area contributed by atoms with Gasteiger partial charge in [0.15, 0.2) is 0 Å². The van der Waals surface area contributed by atoms with E-state index in [2.05, 4.69) is 32.9 Å². The quantitative estimate of drug-likeness (QED) is 0.824. The Morgan fingerprint density at radius 2 is 2.00 bits per heavy atom. The molecule has 1 aliphatic carbocycles. The fourth-order valence-electron chi connectivity index (χ4n) is 2.45. The first-order chi connectivity index (χ1) is 9.13. The van der Waals surface area contributed by atoms with Gasteiger partial charge in [-0.15, -0.1) is 12.4 Å². The summed E-state index contributed by atoms with van der Waals surface area (Å²) in [7, 11) is 0. The maximum Gasteiger partial charge on any atom is 0.125 e. The van der Waals surface area contributed by atoms with Crippen LogP contribution < -0.4 is 10.5 Å². The first-order valence-corrected chi connectivity index (χ1v) is 7.64. The zero-order valence-corrected chi connectivity index (χ0v) is 13.8. The fraction of sp³-hybridized carbons (Fsp3) is 0.647. The Balaban J connectivity index is 0.00000200. The molecule has 114 valence electrons. The van der Waals surface area contributed by atoms with Gasteiger partial charge in [-0.1, -0.05) is 26.0 Å². The summed E-state index contributed by atoms with van der Waals surface area (Å²) in [5.41, 5.74) is 10.0. The zero-order chi connectivity index (χ0) is 13.8. The molecule has 0 aromatic heterocycles. The van der Waals surface area contributed by atoms with Gasteiger partial charge in [-0.3, -0.25) is 0 Å². The maximum atomic E-state index is 6.06. The molecule has 1 aromatic rings. The summed E-state index contributed by atoms with van der Waals surface area (Å²) in [6.07, 6.45) is 5.69. The summed E-state index contributed by atoms with van der Waals surface area (Å²) in [5, 5.41) is 0. The molecule has 1 fully saturated rings. The van der Waals surface area contributed by atoms with Crippen molar-refractivity contribution in [2.75, 3.05) is 6.61 Å².